The molecule has 0 radical (unpaired) electrons. The Balaban J connectivity index is 1.58. The summed E-state index contributed by atoms with van der Waals surface area (Å²) in [7, 11) is 0. The average molecular weight is 386 g/mol. The number of anilines is 1. The second kappa shape index (κ2) is 7.32. The van der Waals surface area contributed by atoms with Crippen molar-refractivity contribution in [1.82, 2.24) is 14.6 Å². The fourth-order valence-electron chi connectivity index (χ4n) is 4.16. The molecular weight excluding hydrogens is 360 g/mol. The lowest BCUT2D eigenvalue weighted by Gasteiger charge is -2.14. The molecule has 5 nitrogen and oxygen atoms in total. The number of hydrogen-bond acceptors (Lipinski definition) is 3. The Morgan fingerprint density at radius 1 is 1.03 bits per heavy atom. The van der Waals surface area contributed by atoms with Gasteiger partial charge in [0.2, 0.25) is 5.91 Å². The van der Waals surface area contributed by atoms with E-state index in [-0.39, 0.29) is 5.91 Å². The normalized spacial score (nSPS) is 11.3. The van der Waals surface area contributed by atoms with Crippen molar-refractivity contribution in [2.75, 3.05) is 5.32 Å². The van der Waals surface area contributed by atoms with Gasteiger partial charge in [-0.1, -0.05) is 29.8 Å². The minimum absolute atomic E-state index is 0.0181. The van der Waals surface area contributed by atoms with E-state index < -0.39 is 0 Å². The van der Waals surface area contributed by atoms with Crippen LogP contribution in [-0.2, 0) is 11.2 Å². The monoisotopic (exact) mass is 386 g/mol. The van der Waals surface area contributed by atoms with Gasteiger partial charge in [-0.05, 0) is 69.9 Å². The molecule has 1 amide bonds. The molecule has 4 rings (SSSR count). The first-order chi connectivity index (χ1) is 13.8. The Hall–Kier alpha value is -3.21. The van der Waals surface area contributed by atoms with Gasteiger partial charge >= 0.3 is 0 Å². The van der Waals surface area contributed by atoms with Gasteiger partial charge in [0.05, 0.1) is 5.52 Å². The zero-order valence-electron chi connectivity index (χ0n) is 17.6. The number of hydrogen-bond donors (Lipinski definition) is 1. The Morgan fingerprint density at radius 2 is 1.72 bits per heavy atom. The number of aryl methyl sites for hydroxylation is 5. The lowest BCUT2D eigenvalue weighted by Crippen LogP contribution is -2.15. The maximum atomic E-state index is 12.6. The van der Waals surface area contributed by atoms with Crippen molar-refractivity contribution >= 4 is 28.1 Å². The smallest absolute Gasteiger partial charge is 0.224 e. The Labute approximate surface area is 170 Å². The molecule has 0 spiro atoms. The summed E-state index contributed by atoms with van der Waals surface area (Å²) >= 11 is 0. The SMILES string of the molecule is Cc1cc(C)c(NC(=O)CCc2c(C)nc3c4ccccc4nn3c2C)c(C)c1. The molecule has 0 unspecified atom stereocenters. The van der Waals surface area contributed by atoms with Crippen molar-refractivity contribution in [1.29, 1.82) is 0 Å². The van der Waals surface area contributed by atoms with Gasteiger partial charge in [-0.2, -0.15) is 5.10 Å². The quantitative estimate of drug-likeness (QED) is 0.537. The van der Waals surface area contributed by atoms with Crippen LogP contribution in [-0.4, -0.2) is 20.5 Å². The van der Waals surface area contributed by atoms with Crippen LogP contribution in [0.5, 0.6) is 0 Å². The Morgan fingerprint density at radius 3 is 2.45 bits per heavy atom. The minimum Gasteiger partial charge on any atom is -0.326 e. The van der Waals surface area contributed by atoms with Crippen molar-refractivity contribution < 1.29 is 4.79 Å². The van der Waals surface area contributed by atoms with E-state index >= 15 is 0 Å². The van der Waals surface area contributed by atoms with Gasteiger partial charge in [-0.3, -0.25) is 4.79 Å². The maximum Gasteiger partial charge on any atom is 0.224 e. The van der Waals surface area contributed by atoms with Crippen LogP contribution >= 0.6 is 0 Å². The highest BCUT2D eigenvalue weighted by Crippen LogP contribution is 2.24. The third kappa shape index (κ3) is 3.48. The minimum atomic E-state index is 0.0181. The molecule has 0 aliphatic carbocycles. The van der Waals surface area contributed by atoms with E-state index in [1.807, 2.05) is 49.6 Å². The number of aromatic nitrogens is 3. The van der Waals surface area contributed by atoms with Crippen molar-refractivity contribution in [3.05, 3.63) is 70.0 Å². The molecule has 2 aromatic heterocycles. The molecule has 0 aliphatic rings. The average Bonchev–Trinajstić information content (AvgIpc) is 3.03. The van der Waals surface area contributed by atoms with Crippen LogP contribution in [0, 0.1) is 34.6 Å². The third-order valence-corrected chi connectivity index (χ3v) is 5.56. The van der Waals surface area contributed by atoms with E-state index in [0.717, 1.165) is 50.3 Å². The van der Waals surface area contributed by atoms with Crippen LogP contribution in [0.15, 0.2) is 36.4 Å². The first-order valence-electron chi connectivity index (χ1n) is 9.96. The molecule has 148 valence electrons. The summed E-state index contributed by atoms with van der Waals surface area (Å²) < 4.78 is 1.90. The highest BCUT2D eigenvalue weighted by atomic mass is 16.1. The van der Waals surface area contributed by atoms with Gasteiger partial charge in [-0.15, -0.1) is 0 Å². The summed E-state index contributed by atoms with van der Waals surface area (Å²) in [5.41, 5.74) is 9.19. The van der Waals surface area contributed by atoms with Crippen LogP contribution in [0.25, 0.3) is 16.6 Å². The molecule has 0 aliphatic heterocycles. The topological polar surface area (TPSA) is 59.3 Å². The first kappa shape index (κ1) is 19.1. The second-order valence-electron chi connectivity index (χ2n) is 7.84. The molecule has 5 heteroatoms. The van der Waals surface area contributed by atoms with Crippen LogP contribution in [0.2, 0.25) is 0 Å². The fourth-order valence-corrected chi connectivity index (χ4v) is 4.16. The molecule has 0 saturated carbocycles. The molecule has 0 bridgehead atoms. The van der Waals surface area contributed by atoms with E-state index in [1.165, 1.54) is 5.56 Å². The predicted octanol–water partition coefficient (Wildman–Crippen LogP) is 5.00. The van der Waals surface area contributed by atoms with E-state index in [0.29, 0.717) is 12.8 Å². The zero-order valence-corrected chi connectivity index (χ0v) is 17.6. The molecule has 0 saturated heterocycles. The highest BCUT2D eigenvalue weighted by molar-refractivity contribution is 5.93. The van der Waals surface area contributed by atoms with Crippen molar-refractivity contribution in [2.24, 2.45) is 0 Å². The summed E-state index contributed by atoms with van der Waals surface area (Å²) in [6.45, 7) is 10.2. The van der Waals surface area contributed by atoms with Crippen molar-refractivity contribution in [3.63, 3.8) is 0 Å². The standard InChI is InChI=1S/C24H26N4O/c1-14-12-15(2)23(16(3)13-14)26-22(29)11-10-19-17(4)25-24-20-8-6-7-9-21(20)27-28(24)18(19)5/h6-9,12-13H,10-11H2,1-5H3,(H,26,29). The van der Waals surface area contributed by atoms with Crippen molar-refractivity contribution in [2.45, 2.75) is 47.5 Å². The van der Waals surface area contributed by atoms with E-state index in [1.54, 1.807) is 0 Å². The summed E-state index contributed by atoms with van der Waals surface area (Å²) in [5, 5.41) is 8.84. The summed E-state index contributed by atoms with van der Waals surface area (Å²) in [4.78, 5) is 17.4. The molecule has 1 N–H and O–H groups in total. The summed E-state index contributed by atoms with van der Waals surface area (Å²) in [6, 6.07) is 12.2. The zero-order chi connectivity index (χ0) is 20.7. The molecule has 4 aromatic rings. The van der Waals surface area contributed by atoms with E-state index in [2.05, 4.69) is 31.3 Å². The number of amides is 1. The van der Waals surface area contributed by atoms with Crippen LogP contribution in [0.3, 0.4) is 0 Å². The predicted molar refractivity (Wildman–Crippen MR) is 118 cm³/mol. The number of carbonyl (C=O) groups is 1. The largest absolute Gasteiger partial charge is 0.326 e. The lowest BCUT2D eigenvalue weighted by atomic mass is 10.0. The van der Waals surface area contributed by atoms with Gasteiger partial charge in [0.15, 0.2) is 5.65 Å². The molecule has 0 atom stereocenters. The number of carbonyl (C=O) groups excluding carboxylic acids is 1. The van der Waals surface area contributed by atoms with Gasteiger partial charge in [0, 0.05) is 28.9 Å². The summed E-state index contributed by atoms with van der Waals surface area (Å²) in [6.07, 6.45) is 1.04. The highest BCUT2D eigenvalue weighted by Gasteiger charge is 2.15. The van der Waals surface area contributed by atoms with E-state index in [9.17, 15) is 4.79 Å². The van der Waals surface area contributed by atoms with E-state index in [4.69, 9.17) is 10.1 Å². The van der Waals surface area contributed by atoms with Gasteiger partial charge < -0.3 is 5.32 Å². The number of nitrogens with one attached hydrogen (secondary N) is 1. The number of nitrogens with zero attached hydrogens (tertiary/aromatic N) is 3. The van der Waals surface area contributed by atoms with Crippen LogP contribution < -0.4 is 5.32 Å². The van der Waals surface area contributed by atoms with Crippen LogP contribution in [0.1, 0.15) is 40.1 Å². The van der Waals surface area contributed by atoms with Crippen LogP contribution in [0.4, 0.5) is 5.69 Å². The van der Waals surface area contributed by atoms with Gasteiger partial charge in [-0.25, -0.2) is 9.50 Å². The fraction of sp³-hybridized carbons (Fsp3) is 0.292. The molecule has 0 fully saturated rings. The maximum absolute atomic E-state index is 12.6. The first-order valence-corrected chi connectivity index (χ1v) is 9.96. The van der Waals surface area contributed by atoms with Crippen molar-refractivity contribution in [3.8, 4) is 0 Å². The molecule has 2 heterocycles. The second-order valence-corrected chi connectivity index (χ2v) is 7.84. The summed E-state index contributed by atoms with van der Waals surface area (Å²) in [5.74, 6) is 0.0181. The molecule has 2 aromatic carbocycles. The lowest BCUT2D eigenvalue weighted by molar-refractivity contribution is -0.116. The van der Waals surface area contributed by atoms with Gasteiger partial charge in [0.25, 0.3) is 0 Å². The molecular formula is C24H26N4O. The number of benzene rings is 2. The molecule has 29 heavy (non-hydrogen) atoms. The number of rotatable bonds is 4. The Kier molecular flexibility index (Phi) is 4.82. The third-order valence-electron chi connectivity index (χ3n) is 5.56. The Bertz CT molecular complexity index is 1230. The van der Waals surface area contributed by atoms with Gasteiger partial charge in [0.1, 0.15) is 0 Å². The number of fused-ring (bicyclic) bond motifs is 3.